The first-order chi connectivity index (χ1) is 7.31. The minimum Gasteiger partial charge on any atom is -0.211 e. The summed E-state index contributed by atoms with van der Waals surface area (Å²) in [6.45, 7) is 6.73. The van der Waals surface area contributed by atoms with Crippen LogP contribution in [0.2, 0.25) is 0 Å². The van der Waals surface area contributed by atoms with Gasteiger partial charge < -0.3 is 0 Å². The minimum atomic E-state index is -3.33. The van der Waals surface area contributed by atoms with Gasteiger partial charge in [0.1, 0.15) is 0 Å². The molecule has 16 heavy (non-hydrogen) atoms. The molecule has 0 atom stereocenters. The summed E-state index contributed by atoms with van der Waals surface area (Å²) in [5, 5.41) is 0. The predicted octanol–water partition coefficient (Wildman–Crippen LogP) is 2.40. The molecule has 1 aromatic carbocycles. The van der Waals surface area contributed by atoms with Crippen molar-refractivity contribution >= 4 is 10.0 Å². The van der Waals surface area contributed by atoms with Crippen molar-refractivity contribution in [2.24, 2.45) is 5.41 Å². The number of rotatable bonds is 4. The van der Waals surface area contributed by atoms with Crippen LogP contribution in [0.25, 0.3) is 0 Å². The van der Waals surface area contributed by atoms with Crippen molar-refractivity contribution in [2.45, 2.75) is 32.1 Å². The molecule has 0 bridgehead atoms. The van der Waals surface area contributed by atoms with Crippen molar-refractivity contribution in [3.8, 4) is 0 Å². The number of benzene rings is 1. The molecule has 0 radical (unpaired) electrons. The number of sulfonamides is 1. The highest BCUT2D eigenvalue weighted by atomic mass is 32.2. The lowest BCUT2D eigenvalue weighted by molar-refractivity contribution is 0.378. The molecule has 1 aromatic rings. The SMILES string of the molecule is CC(C)(C)CCNS(=O)(=O)c1ccccc1. The van der Waals surface area contributed by atoms with E-state index in [0.29, 0.717) is 11.4 Å². The van der Waals surface area contributed by atoms with Gasteiger partial charge in [0.05, 0.1) is 4.90 Å². The van der Waals surface area contributed by atoms with E-state index in [0.717, 1.165) is 6.42 Å². The first-order valence-electron chi connectivity index (χ1n) is 5.36. The van der Waals surface area contributed by atoms with Crippen LogP contribution in [0.1, 0.15) is 27.2 Å². The lowest BCUT2D eigenvalue weighted by atomic mass is 9.93. The van der Waals surface area contributed by atoms with E-state index in [1.807, 2.05) is 0 Å². The smallest absolute Gasteiger partial charge is 0.211 e. The minimum absolute atomic E-state index is 0.138. The van der Waals surface area contributed by atoms with Gasteiger partial charge in [-0.3, -0.25) is 0 Å². The summed E-state index contributed by atoms with van der Waals surface area (Å²) in [4.78, 5) is 0.323. The summed E-state index contributed by atoms with van der Waals surface area (Å²) in [6, 6.07) is 8.43. The molecule has 1 rings (SSSR count). The van der Waals surface area contributed by atoms with Gasteiger partial charge in [-0.15, -0.1) is 0 Å². The summed E-state index contributed by atoms with van der Waals surface area (Å²) in [5.74, 6) is 0. The quantitative estimate of drug-likeness (QED) is 0.880. The van der Waals surface area contributed by atoms with Gasteiger partial charge >= 0.3 is 0 Å². The predicted molar refractivity (Wildman–Crippen MR) is 65.7 cm³/mol. The highest BCUT2D eigenvalue weighted by Crippen LogP contribution is 2.17. The average molecular weight is 241 g/mol. The van der Waals surface area contributed by atoms with E-state index in [-0.39, 0.29) is 5.41 Å². The molecule has 0 unspecified atom stereocenters. The summed E-state index contributed by atoms with van der Waals surface area (Å²) in [5.41, 5.74) is 0.138. The Balaban J connectivity index is 2.61. The standard InChI is InChI=1S/C12H19NO2S/c1-12(2,3)9-10-13-16(14,15)11-7-5-4-6-8-11/h4-8,13H,9-10H2,1-3H3. The maximum absolute atomic E-state index is 11.8. The fourth-order valence-corrected chi connectivity index (χ4v) is 2.30. The molecule has 0 saturated carbocycles. The van der Waals surface area contributed by atoms with Crippen molar-refractivity contribution in [2.75, 3.05) is 6.54 Å². The zero-order valence-corrected chi connectivity index (χ0v) is 10.8. The van der Waals surface area contributed by atoms with Crippen molar-refractivity contribution in [3.63, 3.8) is 0 Å². The van der Waals surface area contributed by atoms with Crippen LogP contribution in [0.5, 0.6) is 0 Å². The second-order valence-corrected chi connectivity index (χ2v) is 6.79. The van der Waals surface area contributed by atoms with Crippen molar-refractivity contribution in [1.82, 2.24) is 4.72 Å². The van der Waals surface area contributed by atoms with E-state index in [2.05, 4.69) is 25.5 Å². The highest BCUT2D eigenvalue weighted by molar-refractivity contribution is 7.89. The Bertz CT molecular complexity index is 418. The van der Waals surface area contributed by atoms with Gasteiger partial charge in [-0.1, -0.05) is 39.0 Å². The Morgan fingerprint density at radius 2 is 1.69 bits per heavy atom. The normalized spacial score (nSPS) is 12.7. The van der Waals surface area contributed by atoms with Crippen LogP contribution < -0.4 is 4.72 Å². The van der Waals surface area contributed by atoms with Crippen LogP contribution in [0, 0.1) is 5.41 Å². The zero-order valence-electron chi connectivity index (χ0n) is 10.0. The molecule has 0 aromatic heterocycles. The van der Waals surface area contributed by atoms with Gasteiger partial charge in [-0.2, -0.15) is 0 Å². The van der Waals surface area contributed by atoms with E-state index in [9.17, 15) is 8.42 Å². The van der Waals surface area contributed by atoms with E-state index in [4.69, 9.17) is 0 Å². The Morgan fingerprint density at radius 1 is 1.12 bits per heavy atom. The van der Waals surface area contributed by atoms with Crippen LogP contribution >= 0.6 is 0 Å². The van der Waals surface area contributed by atoms with Crippen LogP contribution in [-0.4, -0.2) is 15.0 Å². The molecule has 1 N–H and O–H groups in total. The largest absolute Gasteiger partial charge is 0.240 e. The number of hydrogen-bond acceptors (Lipinski definition) is 2. The van der Waals surface area contributed by atoms with Gasteiger partial charge in [0.15, 0.2) is 0 Å². The van der Waals surface area contributed by atoms with Crippen molar-refractivity contribution in [1.29, 1.82) is 0 Å². The Morgan fingerprint density at radius 3 is 2.19 bits per heavy atom. The molecule has 0 heterocycles. The number of hydrogen-bond donors (Lipinski definition) is 1. The van der Waals surface area contributed by atoms with Gasteiger partial charge in [0.2, 0.25) is 10.0 Å². The highest BCUT2D eigenvalue weighted by Gasteiger charge is 2.15. The van der Waals surface area contributed by atoms with Gasteiger partial charge in [0.25, 0.3) is 0 Å². The summed E-state index contributed by atoms with van der Waals surface area (Å²) < 4.78 is 26.2. The number of nitrogens with one attached hydrogen (secondary N) is 1. The Hall–Kier alpha value is -0.870. The fourth-order valence-electron chi connectivity index (χ4n) is 1.24. The second-order valence-electron chi connectivity index (χ2n) is 5.02. The van der Waals surface area contributed by atoms with Crippen molar-refractivity contribution in [3.05, 3.63) is 30.3 Å². The molecular weight excluding hydrogens is 222 g/mol. The summed E-state index contributed by atoms with van der Waals surface area (Å²) in [7, 11) is -3.33. The lowest BCUT2D eigenvalue weighted by Gasteiger charge is -2.18. The molecule has 3 nitrogen and oxygen atoms in total. The molecule has 0 amide bonds. The van der Waals surface area contributed by atoms with Crippen LogP contribution in [0.3, 0.4) is 0 Å². The molecule has 0 aliphatic carbocycles. The molecule has 4 heteroatoms. The Kier molecular flexibility index (Phi) is 4.10. The summed E-state index contributed by atoms with van der Waals surface area (Å²) in [6.07, 6.45) is 0.819. The van der Waals surface area contributed by atoms with Gasteiger partial charge in [0, 0.05) is 6.54 Å². The third kappa shape index (κ3) is 4.33. The Labute approximate surface area is 97.9 Å². The lowest BCUT2D eigenvalue weighted by Crippen LogP contribution is -2.27. The second kappa shape index (κ2) is 4.97. The molecule has 0 aliphatic rings. The molecule has 0 fully saturated rings. The summed E-state index contributed by atoms with van der Waals surface area (Å²) >= 11 is 0. The van der Waals surface area contributed by atoms with Crippen LogP contribution in [-0.2, 0) is 10.0 Å². The first-order valence-corrected chi connectivity index (χ1v) is 6.84. The molecule has 0 aliphatic heterocycles. The van der Waals surface area contributed by atoms with Crippen molar-refractivity contribution < 1.29 is 8.42 Å². The van der Waals surface area contributed by atoms with E-state index < -0.39 is 10.0 Å². The third-order valence-corrected chi connectivity index (χ3v) is 3.70. The van der Waals surface area contributed by atoms with Crippen LogP contribution in [0.15, 0.2) is 35.2 Å². The maximum Gasteiger partial charge on any atom is 0.240 e. The fraction of sp³-hybridized carbons (Fsp3) is 0.500. The average Bonchev–Trinajstić information content (AvgIpc) is 2.17. The third-order valence-electron chi connectivity index (χ3n) is 2.22. The van der Waals surface area contributed by atoms with Gasteiger partial charge in [-0.25, -0.2) is 13.1 Å². The van der Waals surface area contributed by atoms with E-state index in [1.165, 1.54) is 0 Å². The zero-order chi connectivity index (χ0) is 12.2. The monoisotopic (exact) mass is 241 g/mol. The topological polar surface area (TPSA) is 46.2 Å². The van der Waals surface area contributed by atoms with E-state index >= 15 is 0 Å². The first kappa shape index (κ1) is 13.2. The molecule has 0 spiro atoms. The van der Waals surface area contributed by atoms with Crippen LogP contribution in [0.4, 0.5) is 0 Å². The molecule has 90 valence electrons. The molecular formula is C12H19NO2S. The maximum atomic E-state index is 11.8. The molecule has 0 saturated heterocycles. The van der Waals surface area contributed by atoms with Gasteiger partial charge in [-0.05, 0) is 24.0 Å². The van der Waals surface area contributed by atoms with E-state index in [1.54, 1.807) is 30.3 Å².